The number of nitrogens with zero attached hydrogens (tertiary/aromatic N) is 4. The number of hydrogen-bond donors (Lipinski definition) is 1. The predicted molar refractivity (Wildman–Crippen MR) is 78.7 cm³/mol. The molecule has 106 valence electrons. The van der Waals surface area contributed by atoms with Gasteiger partial charge >= 0.3 is 0 Å². The highest BCUT2D eigenvalue weighted by atomic mass is 35.5. The van der Waals surface area contributed by atoms with Gasteiger partial charge in [0.1, 0.15) is 11.5 Å². The molecule has 0 amide bonds. The zero-order valence-electron chi connectivity index (χ0n) is 11.1. The molecule has 1 heterocycles. The number of anilines is 1. The van der Waals surface area contributed by atoms with Crippen LogP contribution in [0.2, 0.25) is 5.02 Å². The first-order valence-corrected chi connectivity index (χ1v) is 6.55. The number of tetrazole rings is 1. The van der Waals surface area contributed by atoms with Crippen molar-refractivity contribution in [3.05, 3.63) is 52.8 Å². The van der Waals surface area contributed by atoms with Crippen LogP contribution in [0.5, 0.6) is 0 Å². The average Bonchev–Trinajstić information content (AvgIpc) is 2.91. The molecule has 2 aromatic carbocycles. The quantitative estimate of drug-likeness (QED) is 0.739. The molecule has 21 heavy (non-hydrogen) atoms. The Bertz CT molecular complexity index is 815. The Balaban J connectivity index is 2.20. The molecule has 0 saturated heterocycles. The van der Waals surface area contributed by atoms with Gasteiger partial charge in [0, 0.05) is 16.3 Å². The molecule has 0 radical (unpaired) electrons. The summed E-state index contributed by atoms with van der Waals surface area (Å²) in [6, 6.07) is 9.75. The summed E-state index contributed by atoms with van der Waals surface area (Å²) < 4.78 is 15.4. The molecule has 0 saturated carbocycles. The molecule has 0 spiro atoms. The van der Waals surface area contributed by atoms with Gasteiger partial charge in [-0.1, -0.05) is 23.7 Å². The molecule has 0 aliphatic rings. The number of halogens is 2. The highest BCUT2D eigenvalue weighted by Gasteiger charge is 2.16. The molecule has 0 atom stereocenters. The molecule has 1 aromatic heterocycles. The van der Waals surface area contributed by atoms with Crippen LogP contribution in [0.15, 0.2) is 36.4 Å². The van der Waals surface area contributed by atoms with Crippen molar-refractivity contribution in [3.8, 4) is 17.1 Å². The first kappa shape index (κ1) is 13.5. The molecular formula is C14H11ClFN5. The fourth-order valence-electron chi connectivity index (χ4n) is 2.07. The first-order chi connectivity index (χ1) is 10.1. The minimum absolute atomic E-state index is 0.223. The zero-order valence-corrected chi connectivity index (χ0v) is 11.8. The van der Waals surface area contributed by atoms with Gasteiger partial charge in [0.15, 0.2) is 5.82 Å². The van der Waals surface area contributed by atoms with Crippen LogP contribution in [-0.2, 0) is 0 Å². The molecule has 0 aliphatic heterocycles. The lowest BCUT2D eigenvalue weighted by atomic mass is 10.1. The number of hydrogen-bond acceptors (Lipinski definition) is 4. The van der Waals surface area contributed by atoms with Crippen molar-refractivity contribution < 1.29 is 4.39 Å². The molecule has 0 bridgehead atoms. The molecule has 5 nitrogen and oxygen atoms in total. The Morgan fingerprint density at radius 2 is 2.05 bits per heavy atom. The van der Waals surface area contributed by atoms with Gasteiger partial charge in [-0.3, -0.25) is 0 Å². The van der Waals surface area contributed by atoms with E-state index in [-0.39, 0.29) is 5.69 Å². The largest absolute Gasteiger partial charge is 0.398 e. The maximum atomic E-state index is 14.1. The number of benzene rings is 2. The van der Waals surface area contributed by atoms with E-state index in [2.05, 4.69) is 15.5 Å². The third kappa shape index (κ3) is 2.34. The van der Waals surface area contributed by atoms with E-state index >= 15 is 0 Å². The summed E-state index contributed by atoms with van der Waals surface area (Å²) >= 11 is 5.76. The van der Waals surface area contributed by atoms with Crippen molar-refractivity contribution in [3.63, 3.8) is 0 Å². The van der Waals surface area contributed by atoms with E-state index in [1.165, 1.54) is 16.8 Å². The van der Waals surface area contributed by atoms with Crippen molar-refractivity contribution in [1.82, 2.24) is 20.2 Å². The number of rotatable bonds is 2. The lowest BCUT2D eigenvalue weighted by Crippen LogP contribution is -2.04. The predicted octanol–water partition coefficient (Wildman–Crippen LogP) is 3.01. The minimum atomic E-state index is -0.502. The third-order valence-electron chi connectivity index (χ3n) is 3.22. The van der Waals surface area contributed by atoms with Gasteiger partial charge in [-0.15, -0.1) is 5.10 Å². The van der Waals surface area contributed by atoms with Crippen LogP contribution < -0.4 is 5.73 Å². The van der Waals surface area contributed by atoms with Crippen LogP contribution in [-0.4, -0.2) is 20.2 Å². The van der Waals surface area contributed by atoms with Gasteiger partial charge in [0.25, 0.3) is 0 Å². The minimum Gasteiger partial charge on any atom is -0.398 e. The maximum absolute atomic E-state index is 14.1. The topological polar surface area (TPSA) is 69.6 Å². The van der Waals surface area contributed by atoms with E-state index in [1.54, 1.807) is 18.2 Å². The van der Waals surface area contributed by atoms with E-state index in [0.717, 1.165) is 11.1 Å². The molecule has 3 aromatic rings. The van der Waals surface area contributed by atoms with Gasteiger partial charge in [0.05, 0.1) is 0 Å². The molecule has 0 aliphatic carbocycles. The maximum Gasteiger partial charge on any atom is 0.187 e. The molecule has 0 unspecified atom stereocenters. The van der Waals surface area contributed by atoms with Gasteiger partial charge in [-0.2, -0.15) is 4.68 Å². The van der Waals surface area contributed by atoms with Crippen LogP contribution in [0, 0.1) is 12.7 Å². The van der Waals surface area contributed by atoms with Gasteiger partial charge in [-0.25, -0.2) is 4.39 Å². The van der Waals surface area contributed by atoms with Crippen LogP contribution in [0.4, 0.5) is 10.1 Å². The van der Waals surface area contributed by atoms with E-state index in [1.807, 2.05) is 13.0 Å². The van der Waals surface area contributed by atoms with Gasteiger partial charge < -0.3 is 5.73 Å². The second-order valence-corrected chi connectivity index (χ2v) is 4.97. The van der Waals surface area contributed by atoms with Crippen LogP contribution in [0.1, 0.15) is 5.56 Å². The smallest absolute Gasteiger partial charge is 0.187 e. The van der Waals surface area contributed by atoms with Crippen LogP contribution in [0.3, 0.4) is 0 Å². The summed E-state index contributed by atoms with van der Waals surface area (Å²) in [6.45, 7) is 1.86. The van der Waals surface area contributed by atoms with E-state index < -0.39 is 5.82 Å². The van der Waals surface area contributed by atoms with E-state index in [4.69, 9.17) is 17.3 Å². The fourth-order valence-corrected chi connectivity index (χ4v) is 2.22. The molecule has 0 fully saturated rings. The monoisotopic (exact) mass is 303 g/mol. The molecular weight excluding hydrogens is 293 g/mol. The van der Waals surface area contributed by atoms with Crippen molar-refractivity contribution in [2.45, 2.75) is 6.92 Å². The van der Waals surface area contributed by atoms with Crippen molar-refractivity contribution >= 4 is 17.3 Å². The number of aromatic nitrogens is 4. The summed E-state index contributed by atoms with van der Waals surface area (Å²) in [4.78, 5) is 0. The van der Waals surface area contributed by atoms with Gasteiger partial charge in [-0.05, 0) is 47.2 Å². The summed E-state index contributed by atoms with van der Waals surface area (Å²) in [5.41, 5.74) is 8.32. The standard InChI is InChI=1S/C14H11ClFN5/c1-8-10(3-2-4-12(8)17)14-18-19-20-21(14)13-6-5-9(15)7-11(13)16/h2-7H,17H2,1H3. The molecule has 2 N–H and O–H groups in total. The normalized spacial score (nSPS) is 10.8. The van der Waals surface area contributed by atoms with Gasteiger partial charge in [0.2, 0.25) is 0 Å². The Morgan fingerprint density at radius 1 is 1.24 bits per heavy atom. The summed E-state index contributed by atoms with van der Waals surface area (Å²) in [6.07, 6.45) is 0. The Morgan fingerprint density at radius 3 is 2.81 bits per heavy atom. The third-order valence-corrected chi connectivity index (χ3v) is 3.46. The highest BCUT2D eigenvalue weighted by molar-refractivity contribution is 6.30. The fraction of sp³-hybridized carbons (Fsp3) is 0.0714. The first-order valence-electron chi connectivity index (χ1n) is 6.17. The lowest BCUT2D eigenvalue weighted by molar-refractivity contribution is 0.608. The van der Waals surface area contributed by atoms with E-state index in [9.17, 15) is 4.39 Å². The summed E-state index contributed by atoms with van der Waals surface area (Å²) in [5, 5.41) is 11.8. The van der Waals surface area contributed by atoms with Crippen molar-refractivity contribution in [2.24, 2.45) is 0 Å². The molecule has 7 heteroatoms. The second-order valence-electron chi connectivity index (χ2n) is 4.53. The second kappa shape index (κ2) is 5.14. The highest BCUT2D eigenvalue weighted by Crippen LogP contribution is 2.27. The summed E-state index contributed by atoms with van der Waals surface area (Å²) in [7, 11) is 0. The van der Waals surface area contributed by atoms with Crippen molar-refractivity contribution in [2.75, 3.05) is 5.73 Å². The lowest BCUT2D eigenvalue weighted by Gasteiger charge is -2.09. The average molecular weight is 304 g/mol. The van der Waals surface area contributed by atoms with Crippen molar-refractivity contribution in [1.29, 1.82) is 0 Å². The van der Waals surface area contributed by atoms with E-state index in [0.29, 0.717) is 16.5 Å². The Labute approximate surface area is 125 Å². The Hall–Kier alpha value is -2.47. The number of nitrogen functional groups attached to an aromatic ring is 1. The number of nitrogens with two attached hydrogens (primary N) is 1. The van der Waals surface area contributed by atoms with Crippen LogP contribution in [0.25, 0.3) is 17.1 Å². The summed E-state index contributed by atoms with van der Waals surface area (Å²) in [5.74, 6) is -0.0846. The Kier molecular flexibility index (Phi) is 3.31. The SMILES string of the molecule is Cc1c(N)cccc1-c1nnnn1-c1ccc(Cl)cc1F. The molecule has 3 rings (SSSR count). The zero-order chi connectivity index (χ0) is 15.0. The van der Waals surface area contributed by atoms with Crippen LogP contribution >= 0.6 is 11.6 Å².